The second-order valence-corrected chi connectivity index (χ2v) is 7.11. The molecule has 2 rings (SSSR count). The molecule has 0 unspecified atom stereocenters. The predicted octanol–water partition coefficient (Wildman–Crippen LogP) is 2.47. The molecule has 0 spiro atoms. The molecule has 0 atom stereocenters. The lowest BCUT2D eigenvalue weighted by molar-refractivity contribution is -0.114. The molecule has 2 aromatic rings. The highest BCUT2D eigenvalue weighted by molar-refractivity contribution is 7.89. The fourth-order valence-corrected chi connectivity index (χ4v) is 3.12. The van der Waals surface area contributed by atoms with E-state index in [4.69, 9.17) is 0 Å². The van der Waals surface area contributed by atoms with Gasteiger partial charge in [-0.3, -0.25) is 4.79 Å². The van der Waals surface area contributed by atoms with Crippen molar-refractivity contribution in [2.45, 2.75) is 25.2 Å². The summed E-state index contributed by atoms with van der Waals surface area (Å²) in [6, 6.07) is 14.1. The van der Waals surface area contributed by atoms with E-state index < -0.39 is 10.0 Å². The Hall–Kier alpha value is -2.18. The maximum Gasteiger partial charge on any atom is 0.240 e. The van der Waals surface area contributed by atoms with Crippen molar-refractivity contribution in [3.8, 4) is 0 Å². The van der Waals surface area contributed by atoms with Crippen molar-refractivity contribution < 1.29 is 13.2 Å². The molecule has 0 bridgehead atoms. The summed E-state index contributed by atoms with van der Waals surface area (Å²) in [4.78, 5) is 11.1. The molecule has 2 aromatic carbocycles. The molecule has 0 saturated heterocycles. The van der Waals surface area contributed by atoms with Gasteiger partial charge in [0.1, 0.15) is 0 Å². The molecule has 0 saturated carbocycles. The van der Waals surface area contributed by atoms with E-state index >= 15 is 0 Å². The minimum atomic E-state index is -3.55. The van der Waals surface area contributed by atoms with Crippen LogP contribution in [-0.2, 0) is 21.2 Å². The summed E-state index contributed by atoms with van der Waals surface area (Å²) in [5, 5.41) is 2.60. The summed E-state index contributed by atoms with van der Waals surface area (Å²) in [6.45, 7) is 3.74. The van der Waals surface area contributed by atoms with Crippen molar-refractivity contribution in [3.63, 3.8) is 0 Å². The molecule has 6 heteroatoms. The fraction of sp³-hybridized carbons (Fsp3) is 0.235. The molecule has 0 heterocycles. The third-order valence-corrected chi connectivity index (χ3v) is 4.79. The van der Waals surface area contributed by atoms with Crippen molar-refractivity contribution in [1.82, 2.24) is 4.72 Å². The molecule has 0 radical (unpaired) electrons. The summed E-state index contributed by atoms with van der Waals surface area (Å²) in [5.41, 5.74) is 2.82. The Labute approximate surface area is 136 Å². The average Bonchev–Trinajstić information content (AvgIpc) is 2.49. The monoisotopic (exact) mass is 332 g/mol. The number of benzene rings is 2. The minimum absolute atomic E-state index is 0.176. The maximum absolute atomic E-state index is 12.2. The van der Waals surface area contributed by atoms with Crippen LogP contribution < -0.4 is 10.0 Å². The number of hydrogen-bond donors (Lipinski definition) is 2. The lowest BCUT2D eigenvalue weighted by Crippen LogP contribution is -2.26. The Morgan fingerprint density at radius 2 is 1.61 bits per heavy atom. The first-order valence-electron chi connectivity index (χ1n) is 7.30. The normalized spacial score (nSPS) is 11.2. The van der Waals surface area contributed by atoms with Crippen LogP contribution in [0.15, 0.2) is 53.4 Å². The van der Waals surface area contributed by atoms with Crippen molar-refractivity contribution in [1.29, 1.82) is 0 Å². The molecule has 1 amide bonds. The van der Waals surface area contributed by atoms with Gasteiger partial charge in [0.2, 0.25) is 15.9 Å². The molecule has 5 nitrogen and oxygen atoms in total. The number of anilines is 1. The van der Waals surface area contributed by atoms with Crippen LogP contribution in [0, 0.1) is 6.92 Å². The van der Waals surface area contributed by atoms with E-state index in [2.05, 4.69) is 10.0 Å². The van der Waals surface area contributed by atoms with Gasteiger partial charge in [0.15, 0.2) is 0 Å². The van der Waals surface area contributed by atoms with E-state index in [9.17, 15) is 13.2 Å². The fourth-order valence-electron chi connectivity index (χ4n) is 2.09. The van der Waals surface area contributed by atoms with Crippen LogP contribution in [0.25, 0.3) is 0 Å². The van der Waals surface area contributed by atoms with E-state index in [0.29, 0.717) is 18.7 Å². The first-order valence-corrected chi connectivity index (χ1v) is 8.78. The number of aryl methyl sites for hydroxylation is 1. The van der Waals surface area contributed by atoms with Crippen LogP contribution >= 0.6 is 0 Å². The largest absolute Gasteiger partial charge is 0.326 e. The number of rotatable bonds is 6. The molecule has 0 aliphatic rings. The van der Waals surface area contributed by atoms with Crippen LogP contribution in [-0.4, -0.2) is 20.9 Å². The van der Waals surface area contributed by atoms with Crippen LogP contribution in [0.5, 0.6) is 0 Å². The van der Waals surface area contributed by atoms with Gasteiger partial charge in [-0.2, -0.15) is 0 Å². The molecule has 0 aromatic heterocycles. The number of carbonyl (C=O) groups is 1. The van der Waals surface area contributed by atoms with Gasteiger partial charge in [0, 0.05) is 19.2 Å². The quantitative estimate of drug-likeness (QED) is 0.853. The van der Waals surface area contributed by atoms with Crippen molar-refractivity contribution in [3.05, 3.63) is 59.7 Å². The van der Waals surface area contributed by atoms with Crippen LogP contribution in [0.4, 0.5) is 5.69 Å². The highest BCUT2D eigenvalue weighted by Crippen LogP contribution is 2.14. The minimum Gasteiger partial charge on any atom is -0.326 e. The zero-order valence-electron chi connectivity index (χ0n) is 13.2. The summed E-state index contributed by atoms with van der Waals surface area (Å²) >= 11 is 0. The van der Waals surface area contributed by atoms with Gasteiger partial charge in [0.05, 0.1) is 4.90 Å². The van der Waals surface area contributed by atoms with Gasteiger partial charge in [-0.05, 0) is 43.2 Å². The Morgan fingerprint density at radius 3 is 2.17 bits per heavy atom. The lowest BCUT2D eigenvalue weighted by Gasteiger charge is -2.08. The summed E-state index contributed by atoms with van der Waals surface area (Å²) in [6.07, 6.45) is 0.628. The summed E-state index contributed by atoms with van der Waals surface area (Å²) in [7, 11) is -3.55. The van der Waals surface area contributed by atoms with E-state index in [-0.39, 0.29) is 10.8 Å². The summed E-state index contributed by atoms with van der Waals surface area (Å²) in [5.74, 6) is -0.197. The molecular formula is C17H20N2O3S. The lowest BCUT2D eigenvalue weighted by atomic mass is 10.1. The third kappa shape index (κ3) is 5.19. The van der Waals surface area contributed by atoms with E-state index in [1.54, 1.807) is 12.1 Å². The van der Waals surface area contributed by atoms with Crippen LogP contribution in [0.2, 0.25) is 0 Å². The molecule has 0 aliphatic heterocycles. The number of nitrogens with one attached hydrogen (secondary N) is 2. The second-order valence-electron chi connectivity index (χ2n) is 5.34. The van der Waals surface area contributed by atoms with Crippen molar-refractivity contribution in [2.75, 3.05) is 11.9 Å². The Balaban J connectivity index is 1.95. The van der Waals surface area contributed by atoms with Crippen LogP contribution in [0.1, 0.15) is 18.1 Å². The zero-order chi connectivity index (χ0) is 16.9. The third-order valence-electron chi connectivity index (χ3n) is 3.31. The van der Waals surface area contributed by atoms with Gasteiger partial charge >= 0.3 is 0 Å². The second kappa shape index (κ2) is 7.39. The average molecular weight is 332 g/mol. The van der Waals surface area contributed by atoms with E-state index in [1.807, 2.05) is 31.2 Å². The van der Waals surface area contributed by atoms with E-state index in [0.717, 1.165) is 5.56 Å². The number of sulfonamides is 1. The van der Waals surface area contributed by atoms with Crippen molar-refractivity contribution >= 4 is 21.6 Å². The molecule has 23 heavy (non-hydrogen) atoms. The first kappa shape index (κ1) is 17.2. The van der Waals surface area contributed by atoms with Crippen LogP contribution in [0.3, 0.4) is 0 Å². The highest BCUT2D eigenvalue weighted by Gasteiger charge is 2.13. The molecule has 0 fully saturated rings. The smallest absolute Gasteiger partial charge is 0.240 e. The van der Waals surface area contributed by atoms with Gasteiger partial charge in [-0.1, -0.05) is 29.8 Å². The highest BCUT2D eigenvalue weighted by atomic mass is 32.2. The van der Waals surface area contributed by atoms with Gasteiger partial charge in [0.25, 0.3) is 0 Å². The Bertz CT molecular complexity index is 766. The van der Waals surface area contributed by atoms with Gasteiger partial charge in [-0.15, -0.1) is 0 Å². The SMILES string of the molecule is CC(=O)Nc1ccc(S(=O)(=O)NCCc2ccc(C)cc2)cc1. The van der Waals surface area contributed by atoms with Crippen molar-refractivity contribution in [2.24, 2.45) is 0 Å². The number of carbonyl (C=O) groups excluding carboxylic acids is 1. The number of hydrogen-bond acceptors (Lipinski definition) is 3. The molecule has 2 N–H and O–H groups in total. The summed E-state index contributed by atoms with van der Waals surface area (Å²) < 4.78 is 27.0. The van der Waals surface area contributed by atoms with Gasteiger partial charge in [-0.25, -0.2) is 13.1 Å². The van der Waals surface area contributed by atoms with Gasteiger partial charge < -0.3 is 5.32 Å². The topological polar surface area (TPSA) is 75.3 Å². The predicted molar refractivity (Wildman–Crippen MR) is 90.8 cm³/mol. The van der Waals surface area contributed by atoms with E-state index in [1.165, 1.54) is 24.6 Å². The maximum atomic E-state index is 12.2. The molecule has 122 valence electrons. The Morgan fingerprint density at radius 1 is 1.00 bits per heavy atom. The molecular weight excluding hydrogens is 312 g/mol. The number of amides is 1. The Kier molecular flexibility index (Phi) is 5.52. The first-order chi connectivity index (χ1) is 10.9. The standard InChI is InChI=1S/C17H20N2O3S/c1-13-3-5-15(6-4-13)11-12-18-23(21,22)17-9-7-16(8-10-17)19-14(2)20/h3-10,18H,11-12H2,1-2H3,(H,19,20). The zero-order valence-corrected chi connectivity index (χ0v) is 14.0. The molecule has 0 aliphatic carbocycles.